The van der Waals surface area contributed by atoms with Crippen LogP contribution in [-0.4, -0.2) is 21.9 Å². The van der Waals surface area contributed by atoms with Gasteiger partial charge in [-0.25, -0.2) is 9.48 Å². The third-order valence-electron chi connectivity index (χ3n) is 4.01. The summed E-state index contributed by atoms with van der Waals surface area (Å²) < 4.78 is 8.28. The van der Waals surface area contributed by atoms with Crippen molar-refractivity contribution in [3.05, 3.63) is 41.1 Å². The number of hydrogen-bond acceptors (Lipinski definition) is 3. The zero-order valence-electron chi connectivity index (χ0n) is 13.4. The second-order valence-electron chi connectivity index (χ2n) is 5.93. The van der Waals surface area contributed by atoms with E-state index in [1.807, 2.05) is 24.3 Å². The van der Waals surface area contributed by atoms with Crippen LogP contribution in [0.2, 0.25) is 0 Å². The molecule has 0 radical (unpaired) electrons. The Morgan fingerprint density at radius 2 is 2.00 bits per heavy atom. The van der Waals surface area contributed by atoms with E-state index in [-0.39, 0.29) is 18.8 Å². The minimum absolute atomic E-state index is 0.171. The van der Waals surface area contributed by atoms with Gasteiger partial charge >= 0.3 is 6.03 Å². The van der Waals surface area contributed by atoms with E-state index in [9.17, 15) is 4.79 Å². The summed E-state index contributed by atoms with van der Waals surface area (Å²) in [7, 11) is 0. The molecule has 1 aliphatic carbocycles. The number of urea groups is 1. The van der Waals surface area contributed by atoms with Gasteiger partial charge in [0.2, 0.25) is 0 Å². The Morgan fingerprint density at radius 1 is 1.25 bits per heavy atom. The summed E-state index contributed by atoms with van der Waals surface area (Å²) in [4.78, 5) is 12.0. The van der Waals surface area contributed by atoms with Crippen molar-refractivity contribution in [2.24, 2.45) is 0 Å². The highest BCUT2D eigenvalue weighted by Gasteiger charge is 2.15. The van der Waals surface area contributed by atoms with Gasteiger partial charge in [0.05, 0.1) is 18.1 Å². The minimum Gasteiger partial charge on any atom is -0.471 e. The van der Waals surface area contributed by atoms with Crippen molar-refractivity contribution >= 4 is 27.6 Å². The predicted octanol–water partition coefficient (Wildman–Crippen LogP) is 4.14. The largest absolute Gasteiger partial charge is 0.471 e. The molecule has 7 heteroatoms. The first kappa shape index (κ1) is 16.8. The number of ether oxygens (including phenoxy) is 1. The van der Waals surface area contributed by atoms with Gasteiger partial charge < -0.3 is 15.4 Å². The van der Waals surface area contributed by atoms with Crippen LogP contribution in [0.5, 0.6) is 5.75 Å². The van der Waals surface area contributed by atoms with Crippen molar-refractivity contribution in [1.29, 1.82) is 0 Å². The van der Waals surface area contributed by atoms with Crippen LogP contribution in [0.25, 0.3) is 0 Å². The number of nitrogens with zero attached hydrogens (tertiary/aromatic N) is 2. The van der Waals surface area contributed by atoms with Crippen LogP contribution in [0.15, 0.2) is 41.1 Å². The van der Waals surface area contributed by atoms with Gasteiger partial charge in [0.25, 0.3) is 0 Å². The van der Waals surface area contributed by atoms with Crippen LogP contribution >= 0.6 is 15.9 Å². The van der Waals surface area contributed by atoms with Crippen molar-refractivity contribution in [2.75, 3.05) is 5.32 Å². The van der Waals surface area contributed by atoms with Crippen molar-refractivity contribution in [1.82, 2.24) is 15.1 Å². The maximum absolute atomic E-state index is 12.0. The molecule has 128 valence electrons. The molecule has 1 saturated carbocycles. The molecule has 24 heavy (non-hydrogen) atoms. The lowest BCUT2D eigenvalue weighted by Gasteiger charge is -2.22. The molecule has 2 amide bonds. The van der Waals surface area contributed by atoms with Crippen LogP contribution in [0.1, 0.15) is 32.1 Å². The van der Waals surface area contributed by atoms with Gasteiger partial charge in [-0.15, -0.1) is 0 Å². The van der Waals surface area contributed by atoms with Gasteiger partial charge in [-0.2, -0.15) is 5.10 Å². The Balaban J connectivity index is 1.46. The lowest BCUT2D eigenvalue weighted by Crippen LogP contribution is -2.38. The summed E-state index contributed by atoms with van der Waals surface area (Å²) in [6.45, 7) is 0.285. The van der Waals surface area contributed by atoms with E-state index >= 15 is 0 Å². The Kier molecular flexibility index (Phi) is 5.74. The number of carbonyl (C=O) groups is 1. The molecule has 1 aromatic heterocycles. The zero-order valence-corrected chi connectivity index (χ0v) is 15.0. The standard InChI is InChI=1S/C17H21BrN4O2/c18-13-6-8-16(9-7-13)24-12-22-11-15(10-19-22)21-17(23)20-14-4-2-1-3-5-14/h6-11,14H,1-5,12H2,(H2,20,21,23). The SMILES string of the molecule is O=C(Nc1cnn(COc2ccc(Br)cc2)c1)NC1CCCCC1. The van der Waals surface area contributed by atoms with E-state index < -0.39 is 0 Å². The van der Waals surface area contributed by atoms with Crippen LogP contribution in [-0.2, 0) is 6.73 Å². The normalized spacial score (nSPS) is 15.0. The first-order valence-electron chi connectivity index (χ1n) is 8.17. The average Bonchev–Trinajstić information content (AvgIpc) is 3.02. The molecule has 1 aromatic carbocycles. The van der Waals surface area contributed by atoms with E-state index in [0.29, 0.717) is 5.69 Å². The van der Waals surface area contributed by atoms with Gasteiger partial charge in [0.1, 0.15) is 5.75 Å². The maximum atomic E-state index is 12.0. The molecule has 1 fully saturated rings. The smallest absolute Gasteiger partial charge is 0.319 e. The number of amides is 2. The number of halogens is 1. The first-order chi connectivity index (χ1) is 11.7. The molecule has 1 aliphatic rings. The second-order valence-corrected chi connectivity index (χ2v) is 6.84. The van der Waals surface area contributed by atoms with E-state index in [2.05, 4.69) is 31.7 Å². The summed E-state index contributed by atoms with van der Waals surface area (Å²) in [5.74, 6) is 0.762. The Labute approximate surface area is 149 Å². The summed E-state index contributed by atoms with van der Waals surface area (Å²) in [5.41, 5.74) is 0.655. The molecule has 0 atom stereocenters. The molecule has 0 aliphatic heterocycles. The van der Waals surface area contributed by atoms with Crippen molar-refractivity contribution in [3.63, 3.8) is 0 Å². The molecule has 6 nitrogen and oxygen atoms in total. The van der Waals surface area contributed by atoms with E-state index in [1.165, 1.54) is 19.3 Å². The van der Waals surface area contributed by atoms with Gasteiger partial charge in [-0.05, 0) is 37.1 Å². The highest BCUT2D eigenvalue weighted by molar-refractivity contribution is 9.10. The van der Waals surface area contributed by atoms with Gasteiger partial charge in [0, 0.05) is 10.5 Å². The fourth-order valence-corrected chi connectivity index (χ4v) is 3.03. The van der Waals surface area contributed by atoms with Gasteiger partial charge in [-0.1, -0.05) is 35.2 Å². The number of hydrogen-bond donors (Lipinski definition) is 2. The molecule has 1 heterocycles. The maximum Gasteiger partial charge on any atom is 0.319 e. The molecular formula is C17H21BrN4O2. The summed E-state index contributed by atoms with van der Waals surface area (Å²) in [5, 5.41) is 10.0. The Morgan fingerprint density at radius 3 is 2.75 bits per heavy atom. The number of benzene rings is 1. The number of rotatable bonds is 5. The fourth-order valence-electron chi connectivity index (χ4n) is 2.77. The lowest BCUT2D eigenvalue weighted by atomic mass is 9.96. The van der Waals surface area contributed by atoms with E-state index in [0.717, 1.165) is 23.1 Å². The van der Waals surface area contributed by atoms with Crippen LogP contribution in [0.3, 0.4) is 0 Å². The summed E-state index contributed by atoms with van der Waals surface area (Å²) in [6, 6.07) is 7.71. The highest BCUT2D eigenvalue weighted by Crippen LogP contribution is 2.18. The van der Waals surface area contributed by atoms with E-state index in [4.69, 9.17) is 4.74 Å². The third kappa shape index (κ3) is 4.99. The van der Waals surface area contributed by atoms with Gasteiger partial charge in [0.15, 0.2) is 6.73 Å². The Bertz CT molecular complexity index is 665. The molecule has 0 saturated heterocycles. The van der Waals surface area contributed by atoms with Crippen molar-refractivity contribution in [3.8, 4) is 5.75 Å². The Hall–Kier alpha value is -2.02. The topological polar surface area (TPSA) is 68.2 Å². The molecular weight excluding hydrogens is 372 g/mol. The molecule has 2 N–H and O–H groups in total. The van der Waals surface area contributed by atoms with Crippen molar-refractivity contribution < 1.29 is 9.53 Å². The number of nitrogens with one attached hydrogen (secondary N) is 2. The number of anilines is 1. The molecule has 0 spiro atoms. The van der Waals surface area contributed by atoms with Crippen LogP contribution in [0, 0.1) is 0 Å². The van der Waals surface area contributed by atoms with E-state index in [1.54, 1.807) is 17.1 Å². The predicted molar refractivity (Wildman–Crippen MR) is 96.0 cm³/mol. The quantitative estimate of drug-likeness (QED) is 0.803. The summed E-state index contributed by atoms with van der Waals surface area (Å²) in [6.07, 6.45) is 9.14. The van der Waals surface area contributed by atoms with Crippen LogP contribution in [0.4, 0.5) is 10.5 Å². The molecule has 0 unspecified atom stereocenters. The van der Waals surface area contributed by atoms with Crippen LogP contribution < -0.4 is 15.4 Å². The molecule has 0 bridgehead atoms. The molecule has 3 rings (SSSR count). The zero-order chi connectivity index (χ0) is 16.8. The van der Waals surface area contributed by atoms with Gasteiger partial charge in [-0.3, -0.25) is 0 Å². The fraction of sp³-hybridized carbons (Fsp3) is 0.412. The number of aromatic nitrogens is 2. The molecule has 2 aromatic rings. The lowest BCUT2D eigenvalue weighted by molar-refractivity contribution is 0.221. The van der Waals surface area contributed by atoms with Crippen molar-refractivity contribution in [2.45, 2.75) is 44.9 Å². The average molecular weight is 393 g/mol. The summed E-state index contributed by atoms with van der Waals surface area (Å²) >= 11 is 3.38. The third-order valence-corrected chi connectivity index (χ3v) is 4.54. The minimum atomic E-state index is -0.171. The number of carbonyl (C=O) groups excluding carboxylic acids is 1. The second kappa shape index (κ2) is 8.19. The monoisotopic (exact) mass is 392 g/mol. The highest BCUT2D eigenvalue weighted by atomic mass is 79.9. The first-order valence-corrected chi connectivity index (χ1v) is 8.97.